The first-order chi connectivity index (χ1) is 35.8. The molecule has 6 saturated heterocycles. The summed E-state index contributed by atoms with van der Waals surface area (Å²) in [5.41, 5.74) is 10.7. The molecule has 0 aromatic carbocycles. The summed E-state index contributed by atoms with van der Waals surface area (Å²) in [5, 5.41) is 29.7. The molecule has 0 radical (unpaired) electrons. The van der Waals surface area contributed by atoms with Crippen LogP contribution < -0.4 is 11.5 Å². The molecular formula is C50H64N10O11P2S3. The van der Waals surface area contributed by atoms with Crippen LogP contribution in [0.15, 0.2) is 61.2 Å². The van der Waals surface area contributed by atoms with Crippen LogP contribution in [0.25, 0.3) is 11.0 Å². The molecule has 4 N–H and O–H groups in total. The zero-order valence-corrected chi connectivity index (χ0v) is 47.9. The molecule has 10 heterocycles. The Morgan fingerprint density at radius 1 is 0.724 bits per heavy atom. The number of hydrogen-bond donors (Lipinski definition) is 2. The quantitative estimate of drug-likeness (QED) is 0.111. The van der Waals surface area contributed by atoms with E-state index in [9.17, 15) is 15.1 Å². The fourth-order valence-electron chi connectivity index (χ4n) is 12.1. The standard InChI is InChI=1S/C25H32N5O6PS.C25H32N5O5PS2/c1-14(2)15-8-9-24(5)19(10-15)36-37(31,38-24)32-11-17-20-21(35-23(3,4)34-20)25(12-26,33-17)18-7-6-16-22(27)28-13-29-30(16)18;1-14(2)15-8-9-24(5)19(10-15)35-36(37,38-24)31-11-17-20-21(34-23(3,4)33-20)25(12-26,32-17)18-7-6-16-22(27)28-13-29-30(16)18/h2*6-7,13,15,17,19-21H,1,8-11H2,2-5H3,(H2,27,28,29)/t15-,17+,19+,20+,21+,24+,25-,37-;15-,17+,19+,20+,21+,24+,25-,36-/m00/s1. The molecule has 0 unspecified atom stereocenters. The third-order valence-electron chi connectivity index (χ3n) is 16.2. The van der Waals surface area contributed by atoms with E-state index >= 15 is 0 Å². The largest absolute Gasteiger partial charge is 0.390 e. The van der Waals surface area contributed by atoms with Gasteiger partial charge in [-0.05, 0) is 153 Å². The highest BCUT2D eigenvalue weighted by Crippen LogP contribution is 2.77. The number of aromatic nitrogens is 6. The normalized spacial score (nSPS) is 41.6. The minimum absolute atomic E-state index is 0.0199. The van der Waals surface area contributed by atoms with Crippen molar-refractivity contribution in [2.24, 2.45) is 11.8 Å². The van der Waals surface area contributed by atoms with Crippen LogP contribution in [-0.4, -0.2) is 112 Å². The monoisotopic (exact) mass is 1140 g/mol. The average molecular weight is 1140 g/mol. The number of anilines is 2. The first-order valence-electron chi connectivity index (χ1n) is 25.4. The van der Waals surface area contributed by atoms with Gasteiger partial charge in [0, 0.05) is 4.75 Å². The minimum Gasteiger partial charge on any atom is -0.382 e. The van der Waals surface area contributed by atoms with Gasteiger partial charge in [0.1, 0.15) is 72.5 Å². The summed E-state index contributed by atoms with van der Waals surface area (Å²) in [4.78, 5) is 8.08. The third-order valence-corrected chi connectivity index (χ3v) is 26.6. The van der Waals surface area contributed by atoms with Crippen molar-refractivity contribution in [3.05, 3.63) is 72.6 Å². The summed E-state index contributed by atoms with van der Waals surface area (Å²) in [5.74, 6) is -0.531. The van der Waals surface area contributed by atoms with Gasteiger partial charge in [0.2, 0.25) is 16.9 Å². The highest BCUT2D eigenvalue weighted by atomic mass is 32.9. The second kappa shape index (κ2) is 19.1. The molecule has 4 aromatic heterocycles. The summed E-state index contributed by atoms with van der Waals surface area (Å²) >= 11 is 8.91. The SMILES string of the molecule is C=C(C)[C@H]1CC[C@@]2(C)S[P@@](=O)(OC[C@H]3O[C@@](C#N)(c4ccc5c(N)ncnn45)[C@@H]4OC(C)(C)O[C@@H]43)O[C@@H]2C1.C=C(C)[C@H]1CC[C@@]2(C)S[P@@](=S)(OC[C@H]3O[C@@](C#N)(c4ccc5c(N)ncnn45)[C@@H]4OC(C)(C)O[C@@H]43)O[C@@H]2C1. The zero-order valence-electron chi connectivity index (χ0n) is 43.7. The lowest BCUT2D eigenvalue weighted by Gasteiger charge is -2.37. The van der Waals surface area contributed by atoms with Crippen LogP contribution in [0, 0.1) is 34.5 Å². The van der Waals surface area contributed by atoms with Crippen molar-refractivity contribution in [3.63, 3.8) is 0 Å². The van der Waals surface area contributed by atoms with Crippen LogP contribution in [0.1, 0.15) is 105 Å². The lowest BCUT2D eigenvalue weighted by Crippen LogP contribution is -2.40. The van der Waals surface area contributed by atoms with Crippen LogP contribution in [0.5, 0.6) is 0 Å². The van der Waals surface area contributed by atoms with Crippen molar-refractivity contribution in [1.82, 2.24) is 29.2 Å². The van der Waals surface area contributed by atoms with E-state index in [1.807, 2.05) is 20.8 Å². The van der Waals surface area contributed by atoms with Gasteiger partial charge in [0.15, 0.2) is 23.2 Å². The summed E-state index contributed by atoms with van der Waals surface area (Å²) < 4.78 is 79.3. The first-order valence-corrected chi connectivity index (χ1v) is 32.4. The number of ether oxygens (including phenoxy) is 6. The van der Waals surface area contributed by atoms with E-state index in [4.69, 9.17) is 69.8 Å². The van der Waals surface area contributed by atoms with E-state index in [0.717, 1.165) is 44.1 Å². The topological polar surface area (TPSA) is 269 Å². The summed E-state index contributed by atoms with van der Waals surface area (Å²) in [6.07, 6.45) is 4.00. The van der Waals surface area contributed by atoms with E-state index in [2.05, 4.69) is 66.2 Å². The summed E-state index contributed by atoms with van der Waals surface area (Å²) in [6, 6.07) is 11.7. The van der Waals surface area contributed by atoms with Gasteiger partial charge in [-0.15, -0.1) is 0 Å². The molecule has 408 valence electrons. The molecule has 2 saturated carbocycles. The molecule has 8 fully saturated rings. The molecule has 12 rings (SSSR count). The van der Waals surface area contributed by atoms with Crippen LogP contribution in [0.2, 0.25) is 0 Å². The van der Waals surface area contributed by atoms with E-state index in [1.54, 1.807) is 54.0 Å². The summed E-state index contributed by atoms with van der Waals surface area (Å²) in [7, 11) is 0. The maximum absolute atomic E-state index is 13.8. The second-order valence-electron chi connectivity index (χ2n) is 22.5. The number of allylic oxidation sites excluding steroid dienone is 2. The molecule has 6 aliphatic heterocycles. The van der Waals surface area contributed by atoms with Gasteiger partial charge in [-0.25, -0.2) is 23.6 Å². The molecule has 0 bridgehead atoms. The van der Waals surface area contributed by atoms with Crippen molar-refractivity contribution in [1.29, 1.82) is 10.5 Å². The van der Waals surface area contributed by atoms with Crippen molar-refractivity contribution < 1.29 is 51.1 Å². The van der Waals surface area contributed by atoms with Crippen LogP contribution in [0.4, 0.5) is 11.6 Å². The number of fused-ring (bicyclic) bond motifs is 6. The van der Waals surface area contributed by atoms with Crippen molar-refractivity contribution in [2.45, 2.75) is 175 Å². The van der Waals surface area contributed by atoms with Gasteiger partial charge >= 0.3 is 6.80 Å². The highest BCUT2D eigenvalue weighted by molar-refractivity contribution is 8.68. The maximum Gasteiger partial charge on any atom is 0.390 e. The van der Waals surface area contributed by atoms with Crippen molar-refractivity contribution >= 4 is 69.7 Å². The summed E-state index contributed by atoms with van der Waals surface area (Å²) in [6.45, 7) is 20.4. The van der Waals surface area contributed by atoms with Crippen LogP contribution in [0.3, 0.4) is 0 Å². The Hall–Kier alpha value is -3.52. The van der Waals surface area contributed by atoms with E-state index in [0.29, 0.717) is 40.1 Å². The van der Waals surface area contributed by atoms with Gasteiger partial charge in [-0.2, -0.15) is 20.7 Å². The van der Waals surface area contributed by atoms with E-state index < -0.39 is 71.9 Å². The molecule has 0 spiro atoms. The maximum atomic E-state index is 13.8. The highest BCUT2D eigenvalue weighted by Gasteiger charge is 2.68. The van der Waals surface area contributed by atoms with Gasteiger partial charge in [0.05, 0.1) is 41.6 Å². The van der Waals surface area contributed by atoms with Gasteiger partial charge < -0.3 is 48.9 Å². The second-order valence-corrected chi connectivity index (χ2v) is 33.5. The number of nitrogens with two attached hydrogens (primary N) is 2. The molecule has 2 aliphatic carbocycles. The predicted octanol–water partition coefficient (Wildman–Crippen LogP) is 8.80. The van der Waals surface area contributed by atoms with Gasteiger partial charge in [0.25, 0.3) is 0 Å². The smallest absolute Gasteiger partial charge is 0.382 e. The Morgan fingerprint density at radius 2 is 1.17 bits per heavy atom. The number of hydrogen-bond acceptors (Lipinski definition) is 22. The Balaban J connectivity index is 0.000000162. The fraction of sp³-hybridized carbons (Fsp3) is 0.640. The Labute approximate surface area is 454 Å². The average Bonchev–Trinajstić information content (AvgIpc) is 4.26. The Bertz CT molecular complexity index is 3000. The first kappa shape index (κ1) is 54.4. The third kappa shape index (κ3) is 9.18. The van der Waals surface area contributed by atoms with Gasteiger partial charge in [-0.3, -0.25) is 9.05 Å². The number of nitriles is 2. The number of rotatable bonds is 10. The molecule has 16 atom stereocenters. The predicted molar refractivity (Wildman–Crippen MR) is 287 cm³/mol. The zero-order chi connectivity index (χ0) is 54.2. The van der Waals surface area contributed by atoms with Gasteiger partial charge in [-0.1, -0.05) is 35.7 Å². The lowest BCUT2D eigenvalue weighted by molar-refractivity contribution is -0.204. The Morgan fingerprint density at radius 3 is 1.63 bits per heavy atom. The van der Waals surface area contributed by atoms with E-state index in [-0.39, 0.29) is 40.7 Å². The molecule has 26 heteroatoms. The van der Waals surface area contributed by atoms with Crippen molar-refractivity contribution in [2.75, 3.05) is 24.7 Å². The fourth-order valence-corrected chi connectivity index (χ4v) is 24.4. The van der Waals surface area contributed by atoms with Crippen LogP contribution in [-0.2, 0) is 74.1 Å². The molecule has 4 aromatic rings. The molecule has 76 heavy (non-hydrogen) atoms. The molecule has 0 amide bonds. The van der Waals surface area contributed by atoms with Crippen molar-refractivity contribution in [3.8, 4) is 12.1 Å². The minimum atomic E-state index is -3.49. The van der Waals surface area contributed by atoms with Crippen LogP contribution >= 0.6 is 35.3 Å². The Kier molecular flexibility index (Phi) is 13.7. The molecule has 8 aliphatic rings. The lowest BCUT2D eigenvalue weighted by atomic mass is 9.77. The van der Waals surface area contributed by atoms with E-state index in [1.165, 1.54) is 34.1 Å². The molecular weight excluding hydrogens is 1070 g/mol. The number of nitrogens with zero attached hydrogens (tertiary/aromatic N) is 8. The molecule has 21 nitrogen and oxygen atoms in total. The number of nitrogen functional groups attached to an aromatic ring is 2.